The third-order valence-corrected chi connectivity index (χ3v) is 7.67. The van der Waals surface area contributed by atoms with E-state index in [-0.39, 0.29) is 54.6 Å². The zero-order chi connectivity index (χ0) is 25.0. The molecule has 36 heavy (non-hydrogen) atoms. The van der Waals surface area contributed by atoms with Gasteiger partial charge in [-0.25, -0.2) is 4.68 Å². The van der Waals surface area contributed by atoms with Gasteiger partial charge < -0.3 is 14.5 Å². The number of benzene rings is 1. The van der Waals surface area contributed by atoms with Crippen molar-refractivity contribution in [2.45, 2.75) is 76.3 Å². The number of aromatic nitrogens is 3. The van der Waals surface area contributed by atoms with Crippen LogP contribution < -0.4 is 5.32 Å². The Morgan fingerprint density at radius 3 is 2.81 bits per heavy atom. The summed E-state index contributed by atoms with van der Waals surface area (Å²) in [5, 5.41) is 10.7. The summed E-state index contributed by atoms with van der Waals surface area (Å²) in [7, 11) is 0. The van der Waals surface area contributed by atoms with E-state index in [0.717, 1.165) is 31.2 Å². The summed E-state index contributed by atoms with van der Waals surface area (Å²) in [6.45, 7) is 2.79. The second-order valence-electron chi connectivity index (χ2n) is 10.1. The maximum atomic E-state index is 13.4. The minimum Gasteiger partial charge on any atom is -0.371 e. The molecule has 2 saturated heterocycles. The third kappa shape index (κ3) is 3.87. The predicted molar refractivity (Wildman–Crippen MR) is 125 cm³/mol. The van der Waals surface area contributed by atoms with Gasteiger partial charge in [-0.3, -0.25) is 24.5 Å². The van der Waals surface area contributed by atoms with Gasteiger partial charge in [-0.1, -0.05) is 18.1 Å². The van der Waals surface area contributed by atoms with Gasteiger partial charge in [0, 0.05) is 25.1 Å². The Labute approximate surface area is 207 Å². The van der Waals surface area contributed by atoms with E-state index in [4.69, 9.17) is 4.74 Å². The normalized spacial score (nSPS) is 28.1. The second-order valence-corrected chi connectivity index (χ2v) is 10.1. The average molecular weight is 493 g/mol. The number of hydrogen-bond donors (Lipinski definition) is 1. The van der Waals surface area contributed by atoms with Crippen LogP contribution in [0.2, 0.25) is 0 Å². The quantitative estimate of drug-likeness (QED) is 0.638. The lowest BCUT2D eigenvalue weighted by atomic mass is 9.89. The van der Waals surface area contributed by atoms with Crippen molar-refractivity contribution in [1.82, 2.24) is 30.1 Å². The van der Waals surface area contributed by atoms with Crippen molar-refractivity contribution in [2.24, 2.45) is 0 Å². The van der Waals surface area contributed by atoms with Gasteiger partial charge in [0.1, 0.15) is 6.04 Å². The Kier molecular flexibility index (Phi) is 5.59. The van der Waals surface area contributed by atoms with Gasteiger partial charge in [-0.05, 0) is 49.9 Å². The fourth-order valence-electron chi connectivity index (χ4n) is 5.92. The van der Waals surface area contributed by atoms with E-state index in [0.29, 0.717) is 24.2 Å². The summed E-state index contributed by atoms with van der Waals surface area (Å²) in [4.78, 5) is 53.5. The number of hydrogen-bond acceptors (Lipinski definition) is 7. The molecular weight excluding hydrogens is 464 g/mol. The van der Waals surface area contributed by atoms with Crippen molar-refractivity contribution < 1.29 is 23.9 Å². The summed E-state index contributed by atoms with van der Waals surface area (Å²) in [6.07, 6.45) is 6.29. The van der Waals surface area contributed by atoms with Crippen LogP contribution in [0.15, 0.2) is 24.4 Å². The number of carbonyl (C=O) groups excluding carboxylic acids is 4. The standard InChI is InChI=1S/C25H28N6O5/c1-14-11-29(19-4-2-3-5-21(19)36-14)25(35)18-13-31(28-27-18)16-6-7-17-15(10-16)12-30(24(17)34)20-8-9-22(32)26-23(20)33/h6-7,10,13-14,19-21H,2-5,8-9,11-12H2,1H3,(H,26,32,33). The van der Waals surface area contributed by atoms with Gasteiger partial charge in [-0.2, -0.15) is 0 Å². The SMILES string of the molecule is CC1CN(C(=O)c2cn(-c3ccc4c(c3)CN(C3CCC(=O)NC3=O)C4=O)nn2)C2CCCCC2O1. The van der Waals surface area contributed by atoms with Gasteiger partial charge >= 0.3 is 0 Å². The van der Waals surface area contributed by atoms with Crippen LogP contribution >= 0.6 is 0 Å². The third-order valence-electron chi connectivity index (χ3n) is 7.67. The van der Waals surface area contributed by atoms with Gasteiger partial charge in [0.25, 0.3) is 11.8 Å². The van der Waals surface area contributed by atoms with Crippen LogP contribution in [0, 0.1) is 0 Å². The minimum absolute atomic E-state index is 0.0232. The van der Waals surface area contributed by atoms with Crippen molar-refractivity contribution in [2.75, 3.05) is 6.54 Å². The molecule has 11 heteroatoms. The van der Waals surface area contributed by atoms with Crippen LogP contribution in [0.5, 0.6) is 0 Å². The van der Waals surface area contributed by atoms with Crippen molar-refractivity contribution >= 4 is 23.6 Å². The summed E-state index contributed by atoms with van der Waals surface area (Å²) in [5.41, 5.74) is 2.22. The maximum Gasteiger partial charge on any atom is 0.276 e. The highest BCUT2D eigenvalue weighted by Crippen LogP contribution is 2.32. The van der Waals surface area contributed by atoms with E-state index in [9.17, 15) is 19.2 Å². The summed E-state index contributed by atoms with van der Waals surface area (Å²) < 4.78 is 7.62. The first-order chi connectivity index (χ1) is 17.4. The van der Waals surface area contributed by atoms with E-state index >= 15 is 0 Å². The molecular formula is C25H28N6O5. The molecule has 4 atom stereocenters. The molecule has 1 aromatic heterocycles. The number of fused-ring (bicyclic) bond motifs is 2. The number of nitrogens with one attached hydrogen (secondary N) is 1. The number of amides is 4. The van der Waals surface area contributed by atoms with E-state index < -0.39 is 11.9 Å². The first kappa shape index (κ1) is 22.8. The maximum absolute atomic E-state index is 13.4. The topological polar surface area (TPSA) is 127 Å². The lowest BCUT2D eigenvalue weighted by molar-refractivity contribution is -0.136. The molecule has 2 aromatic rings. The van der Waals surface area contributed by atoms with Gasteiger partial charge in [0.2, 0.25) is 11.8 Å². The lowest BCUT2D eigenvalue weighted by Crippen LogP contribution is -2.57. The van der Waals surface area contributed by atoms with E-state index in [1.807, 2.05) is 17.9 Å². The smallest absolute Gasteiger partial charge is 0.276 e. The molecule has 1 saturated carbocycles. The molecule has 0 spiro atoms. The molecule has 4 heterocycles. The van der Waals surface area contributed by atoms with Crippen LogP contribution in [0.25, 0.3) is 5.69 Å². The minimum atomic E-state index is -0.666. The first-order valence-corrected chi connectivity index (χ1v) is 12.6. The molecule has 4 aliphatic rings. The molecule has 0 radical (unpaired) electrons. The Hall–Kier alpha value is -3.60. The summed E-state index contributed by atoms with van der Waals surface area (Å²) in [6, 6.07) is 4.69. The number of piperidine rings is 1. The Balaban J connectivity index is 1.21. The van der Waals surface area contributed by atoms with Crippen molar-refractivity contribution in [3.05, 3.63) is 41.2 Å². The molecule has 6 rings (SSSR count). The van der Waals surface area contributed by atoms with E-state index in [1.165, 1.54) is 9.58 Å². The van der Waals surface area contributed by atoms with Crippen LogP contribution in [-0.2, 0) is 20.9 Å². The number of rotatable bonds is 3. The number of ether oxygens (including phenoxy) is 1. The molecule has 1 aromatic carbocycles. The van der Waals surface area contributed by atoms with Crippen LogP contribution in [0.1, 0.15) is 71.9 Å². The zero-order valence-electron chi connectivity index (χ0n) is 20.1. The Morgan fingerprint density at radius 1 is 1.14 bits per heavy atom. The number of imide groups is 1. The van der Waals surface area contributed by atoms with Crippen LogP contribution in [-0.4, -0.2) is 79.3 Å². The fraction of sp³-hybridized carbons (Fsp3) is 0.520. The highest BCUT2D eigenvalue weighted by Gasteiger charge is 2.41. The molecule has 11 nitrogen and oxygen atoms in total. The second kappa shape index (κ2) is 8.81. The highest BCUT2D eigenvalue weighted by molar-refractivity contribution is 6.05. The summed E-state index contributed by atoms with van der Waals surface area (Å²) >= 11 is 0. The van der Waals surface area contributed by atoms with Gasteiger partial charge in [0.05, 0.1) is 30.1 Å². The fourth-order valence-corrected chi connectivity index (χ4v) is 5.92. The number of nitrogens with zero attached hydrogens (tertiary/aromatic N) is 5. The van der Waals surface area contributed by atoms with Crippen molar-refractivity contribution in [1.29, 1.82) is 0 Å². The Morgan fingerprint density at radius 2 is 1.97 bits per heavy atom. The van der Waals surface area contributed by atoms with Gasteiger partial charge in [-0.15, -0.1) is 5.10 Å². The zero-order valence-corrected chi connectivity index (χ0v) is 20.1. The molecule has 1 N–H and O–H groups in total. The van der Waals surface area contributed by atoms with Crippen molar-refractivity contribution in [3.8, 4) is 5.69 Å². The Bertz CT molecular complexity index is 1260. The average Bonchev–Trinajstić information content (AvgIpc) is 3.48. The molecule has 188 valence electrons. The summed E-state index contributed by atoms with van der Waals surface area (Å²) in [5.74, 6) is -1.13. The molecule has 4 unspecified atom stereocenters. The molecule has 0 bridgehead atoms. The first-order valence-electron chi connectivity index (χ1n) is 12.6. The largest absolute Gasteiger partial charge is 0.371 e. The molecule has 1 aliphatic carbocycles. The van der Waals surface area contributed by atoms with E-state index in [2.05, 4.69) is 15.6 Å². The predicted octanol–water partition coefficient (Wildman–Crippen LogP) is 1.20. The van der Waals surface area contributed by atoms with Crippen molar-refractivity contribution in [3.63, 3.8) is 0 Å². The lowest BCUT2D eigenvalue weighted by Gasteiger charge is -2.46. The van der Waals surface area contributed by atoms with Gasteiger partial charge in [0.15, 0.2) is 5.69 Å². The highest BCUT2D eigenvalue weighted by atomic mass is 16.5. The molecule has 4 amide bonds. The van der Waals surface area contributed by atoms with E-state index in [1.54, 1.807) is 18.3 Å². The number of carbonyl (C=O) groups is 4. The van der Waals surface area contributed by atoms with Crippen LogP contribution in [0.3, 0.4) is 0 Å². The molecule has 3 fully saturated rings. The molecule has 3 aliphatic heterocycles. The number of morpholine rings is 1. The van der Waals surface area contributed by atoms with Crippen LogP contribution in [0.4, 0.5) is 0 Å². The monoisotopic (exact) mass is 492 g/mol.